The molecular formula is C19H17ClN2O3. The van der Waals surface area contributed by atoms with Crippen LogP contribution in [0.2, 0.25) is 5.02 Å². The van der Waals surface area contributed by atoms with Gasteiger partial charge in [-0.3, -0.25) is 0 Å². The smallest absolute Gasteiger partial charge is 0.338 e. The van der Waals surface area contributed by atoms with Gasteiger partial charge in [-0.15, -0.1) is 0 Å². The van der Waals surface area contributed by atoms with Crippen LogP contribution >= 0.6 is 11.6 Å². The highest BCUT2D eigenvalue weighted by atomic mass is 35.5. The van der Waals surface area contributed by atoms with Crippen molar-refractivity contribution in [3.8, 4) is 5.75 Å². The Morgan fingerprint density at radius 2 is 1.64 bits per heavy atom. The fourth-order valence-electron chi connectivity index (χ4n) is 2.27. The molecule has 0 saturated heterocycles. The van der Waals surface area contributed by atoms with Crippen LogP contribution in [0.4, 0.5) is 0 Å². The summed E-state index contributed by atoms with van der Waals surface area (Å²) in [6.45, 7) is 4.21. The molecule has 0 bridgehead atoms. The van der Waals surface area contributed by atoms with E-state index >= 15 is 0 Å². The fraction of sp³-hybridized carbons (Fsp3) is 0.211. The van der Waals surface area contributed by atoms with E-state index in [0.29, 0.717) is 21.9 Å². The Hall–Kier alpha value is -2.66. The van der Waals surface area contributed by atoms with E-state index in [-0.39, 0.29) is 13.2 Å². The Balaban J connectivity index is 1.58. The first kappa shape index (κ1) is 17.2. The number of hydrogen-bond donors (Lipinski definition) is 0. The quantitative estimate of drug-likeness (QED) is 0.508. The standard InChI is InChI=1S/C19H17ClN2O3/c1-12-13(2)22-18-11-14(3-8-17(18)21-12)19(23)25-10-9-24-16-6-4-15(20)5-7-16/h3-8,11H,9-10H2,1-2H3. The second-order valence-electron chi connectivity index (χ2n) is 5.54. The molecule has 0 aliphatic carbocycles. The number of aryl methyl sites for hydroxylation is 2. The van der Waals surface area contributed by atoms with E-state index in [1.54, 1.807) is 42.5 Å². The first-order valence-corrected chi connectivity index (χ1v) is 8.21. The average molecular weight is 357 g/mol. The first-order valence-electron chi connectivity index (χ1n) is 7.83. The third kappa shape index (κ3) is 4.25. The molecule has 0 amide bonds. The molecule has 3 aromatic rings. The number of fused-ring (bicyclic) bond motifs is 1. The average Bonchev–Trinajstić information content (AvgIpc) is 2.60. The number of benzene rings is 2. The van der Waals surface area contributed by atoms with Gasteiger partial charge in [-0.1, -0.05) is 11.6 Å². The van der Waals surface area contributed by atoms with Gasteiger partial charge in [0.2, 0.25) is 0 Å². The van der Waals surface area contributed by atoms with E-state index in [0.717, 1.165) is 16.9 Å². The summed E-state index contributed by atoms with van der Waals surface area (Å²) < 4.78 is 10.7. The van der Waals surface area contributed by atoms with Crippen molar-refractivity contribution in [2.45, 2.75) is 13.8 Å². The zero-order chi connectivity index (χ0) is 17.8. The molecule has 0 unspecified atom stereocenters. The number of aromatic nitrogens is 2. The van der Waals surface area contributed by atoms with Crippen molar-refractivity contribution in [3.05, 3.63) is 64.4 Å². The van der Waals surface area contributed by atoms with Gasteiger partial charge in [0, 0.05) is 5.02 Å². The normalized spacial score (nSPS) is 10.7. The molecule has 1 aromatic heterocycles. The minimum atomic E-state index is -0.415. The lowest BCUT2D eigenvalue weighted by Crippen LogP contribution is -2.12. The summed E-state index contributed by atoms with van der Waals surface area (Å²) in [5.41, 5.74) is 3.59. The molecule has 25 heavy (non-hydrogen) atoms. The van der Waals surface area contributed by atoms with Crippen molar-refractivity contribution in [1.29, 1.82) is 0 Å². The van der Waals surface area contributed by atoms with Crippen LogP contribution in [0.3, 0.4) is 0 Å². The number of esters is 1. The van der Waals surface area contributed by atoms with Crippen LogP contribution in [0.1, 0.15) is 21.7 Å². The summed E-state index contributed by atoms with van der Waals surface area (Å²) in [7, 11) is 0. The van der Waals surface area contributed by atoms with E-state index in [9.17, 15) is 4.79 Å². The molecular weight excluding hydrogens is 340 g/mol. The van der Waals surface area contributed by atoms with Gasteiger partial charge in [0.15, 0.2) is 0 Å². The lowest BCUT2D eigenvalue weighted by atomic mass is 10.2. The topological polar surface area (TPSA) is 61.3 Å². The Morgan fingerprint density at radius 3 is 2.36 bits per heavy atom. The van der Waals surface area contributed by atoms with E-state index < -0.39 is 5.97 Å². The highest BCUT2D eigenvalue weighted by Gasteiger charge is 2.10. The molecule has 1 heterocycles. The van der Waals surface area contributed by atoms with Gasteiger partial charge in [-0.05, 0) is 56.3 Å². The van der Waals surface area contributed by atoms with Crippen LogP contribution in [0.25, 0.3) is 11.0 Å². The first-order chi connectivity index (χ1) is 12.0. The van der Waals surface area contributed by atoms with Gasteiger partial charge in [0.05, 0.1) is 28.0 Å². The highest BCUT2D eigenvalue weighted by Crippen LogP contribution is 2.16. The third-order valence-corrected chi connectivity index (χ3v) is 3.96. The van der Waals surface area contributed by atoms with Crippen LogP contribution in [0.15, 0.2) is 42.5 Å². The number of hydrogen-bond acceptors (Lipinski definition) is 5. The molecule has 0 aliphatic heterocycles. The van der Waals surface area contributed by atoms with Crippen LogP contribution in [0, 0.1) is 13.8 Å². The number of ether oxygens (including phenoxy) is 2. The molecule has 3 rings (SSSR count). The predicted octanol–water partition coefficient (Wildman–Crippen LogP) is 4.14. The van der Waals surface area contributed by atoms with Crippen molar-refractivity contribution in [2.24, 2.45) is 0 Å². The molecule has 0 atom stereocenters. The summed E-state index contributed by atoms with van der Waals surface area (Å²) in [4.78, 5) is 21.1. The molecule has 6 heteroatoms. The van der Waals surface area contributed by atoms with Crippen LogP contribution in [-0.2, 0) is 4.74 Å². The molecule has 0 radical (unpaired) electrons. The van der Waals surface area contributed by atoms with Crippen LogP contribution < -0.4 is 4.74 Å². The lowest BCUT2D eigenvalue weighted by Gasteiger charge is -2.08. The highest BCUT2D eigenvalue weighted by molar-refractivity contribution is 6.30. The maximum Gasteiger partial charge on any atom is 0.338 e. The zero-order valence-corrected chi connectivity index (χ0v) is 14.7. The summed E-state index contributed by atoms with van der Waals surface area (Å²) in [5, 5.41) is 0.642. The van der Waals surface area contributed by atoms with Gasteiger partial charge < -0.3 is 9.47 Å². The molecule has 0 spiro atoms. The number of carbonyl (C=O) groups is 1. The van der Waals surface area contributed by atoms with E-state index in [1.165, 1.54) is 0 Å². The minimum absolute atomic E-state index is 0.151. The summed E-state index contributed by atoms with van der Waals surface area (Å²) >= 11 is 5.81. The van der Waals surface area contributed by atoms with Gasteiger partial charge >= 0.3 is 5.97 Å². The number of halogens is 1. The SMILES string of the molecule is Cc1nc2ccc(C(=O)OCCOc3ccc(Cl)cc3)cc2nc1C. The number of rotatable bonds is 5. The Bertz CT molecular complexity index is 910. The molecule has 2 aromatic carbocycles. The lowest BCUT2D eigenvalue weighted by molar-refractivity contribution is 0.0450. The van der Waals surface area contributed by atoms with Crippen LogP contribution in [-0.4, -0.2) is 29.2 Å². The van der Waals surface area contributed by atoms with Gasteiger partial charge in [-0.25, -0.2) is 14.8 Å². The van der Waals surface area contributed by atoms with Crippen LogP contribution in [0.5, 0.6) is 5.75 Å². The Kier molecular flexibility index (Phi) is 5.14. The van der Waals surface area contributed by atoms with Crippen molar-refractivity contribution in [3.63, 3.8) is 0 Å². The second-order valence-corrected chi connectivity index (χ2v) is 5.97. The third-order valence-electron chi connectivity index (χ3n) is 3.71. The van der Waals surface area contributed by atoms with E-state index in [2.05, 4.69) is 9.97 Å². The molecule has 5 nitrogen and oxygen atoms in total. The number of carbonyl (C=O) groups excluding carboxylic acids is 1. The predicted molar refractivity (Wildman–Crippen MR) is 96.2 cm³/mol. The molecule has 0 saturated carbocycles. The maximum absolute atomic E-state index is 12.2. The number of nitrogens with zero attached hydrogens (tertiary/aromatic N) is 2. The van der Waals surface area contributed by atoms with Gasteiger partial charge in [-0.2, -0.15) is 0 Å². The monoisotopic (exact) mass is 356 g/mol. The summed E-state index contributed by atoms with van der Waals surface area (Å²) in [6, 6.07) is 12.2. The van der Waals surface area contributed by atoms with Crippen molar-refractivity contribution in [2.75, 3.05) is 13.2 Å². The van der Waals surface area contributed by atoms with Gasteiger partial charge in [0.25, 0.3) is 0 Å². The van der Waals surface area contributed by atoms with Crippen molar-refractivity contribution in [1.82, 2.24) is 9.97 Å². The van der Waals surface area contributed by atoms with E-state index in [1.807, 2.05) is 13.8 Å². The van der Waals surface area contributed by atoms with Gasteiger partial charge in [0.1, 0.15) is 19.0 Å². The van der Waals surface area contributed by atoms with Crippen molar-refractivity contribution < 1.29 is 14.3 Å². The minimum Gasteiger partial charge on any atom is -0.490 e. The molecule has 0 aliphatic rings. The summed E-state index contributed by atoms with van der Waals surface area (Å²) in [5.74, 6) is 0.258. The molecule has 128 valence electrons. The Labute approximate surface area is 150 Å². The zero-order valence-electron chi connectivity index (χ0n) is 14.0. The maximum atomic E-state index is 12.2. The Morgan fingerprint density at radius 1 is 0.960 bits per heavy atom. The van der Waals surface area contributed by atoms with E-state index in [4.69, 9.17) is 21.1 Å². The van der Waals surface area contributed by atoms with Crippen molar-refractivity contribution >= 4 is 28.6 Å². The molecule has 0 fully saturated rings. The molecule has 0 N–H and O–H groups in total. The largest absolute Gasteiger partial charge is 0.490 e. The summed E-state index contributed by atoms with van der Waals surface area (Å²) in [6.07, 6.45) is 0. The second kappa shape index (κ2) is 7.49. The fourth-order valence-corrected chi connectivity index (χ4v) is 2.39.